The lowest BCUT2D eigenvalue weighted by Gasteiger charge is -2.41. The van der Waals surface area contributed by atoms with Crippen molar-refractivity contribution >= 4 is 39.4 Å². The quantitative estimate of drug-likeness (QED) is 0.529. The van der Waals surface area contributed by atoms with E-state index in [9.17, 15) is 22.8 Å². The average Bonchev–Trinajstić information content (AvgIpc) is 3.13. The first-order chi connectivity index (χ1) is 16.6. The summed E-state index contributed by atoms with van der Waals surface area (Å²) < 4.78 is 40.1. The Morgan fingerprint density at radius 3 is 2.63 bits per heavy atom. The van der Waals surface area contributed by atoms with Crippen LogP contribution in [0.2, 0.25) is 0 Å². The van der Waals surface area contributed by atoms with Gasteiger partial charge in [-0.1, -0.05) is 0 Å². The van der Waals surface area contributed by atoms with Crippen molar-refractivity contribution in [2.24, 2.45) is 5.92 Å². The van der Waals surface area contributed by atoms with E-state index in [2.05, 4.69) is 30.6 Å². The molecule has 13 heteroatoms. The molecule has 1 unspecified atom stereocenters. The molecular weight excluding hydrogens is 483 g/mol. The Kier molecular flexibility index (Phi) is 5.82. The van der Waals surface area contributed by atoms with E-state index in [0.29, 0.717) is 20.9 Å². The number of thiazole rings is 1. The summed E-state index contributed by atoms with van der Waals surface area (Å²) in [7, 11) is 0. The molecule has 9 nitrogen and oxygen atoms in total. The van der Waals surface area contributed by atoms with Crippen LogP contribution in [0.5, 0.6) is 0 Å². The molecule has 2 aliphatic rings. The number of aromatic nitrogens is 4. The minimum Gasteiger partial charge on any atom is -0.350 e. The summed E-state index contributed by atoms with van der Waals surface area (Å²) >= 11 is 1.30. The maximum atomic E-state index is 13.6. The van der Waals surface area contributed by atoms with Crippen molar-refractivity contribution < 1.29 is 22.8 Å². The Morgan fingerprint density at radius 2 is 1.94 bits per heavy atom. The molecule has 0 spiro atoms. The molecule has 5 rings (SSSR count). The second-order valence-electron chi connectivity index (χ2n) is 8.96. The van der Waals surface area contributed by atoms with Gasteiger partial charge in [-0.3, -0.25) is 14.6 Å². The molecule has 35 heavy (non-hydrogen) atoms. The van der Waals surface area contributed by atoms with Crippen molar-refractivity contribution in [2.75, 3.05) is 18.4 Å². The van der Waals surface area contributed by atoms with Crippen LogP contribution in [0.3, 0.4) is 0 Å². The Balaban J connectivity index is 1.29. The minimum absolute atomic E-state index is 0.166. The van der Waals surface area contributed by atoms with Gasteiger partial charge >= 0.3 is 0 Å². The molecule has 4 heterocycles. The van der Waals surface area contributed by atoms with E-state index in [1.54, 1.807) is 13.8 Å². The number of likely N-dealkylation sites (tertiary alicyclic amines) is 1. The molecule has 2 amide bonds. The van der Waals surface area contributed by atoms with Crippen LogP contribution < -0.4 is 10.6 Å². The second-order valence-corrected chi connectivity index (χ2v) is 10.2. The number of halogens is 3. The number of carbonyl (C=O) groups is 2. The lowest BCUT2D eigenvalue weighted by Crippen LogP contribution is -2.62. The highest BCUT2D eigenvalue weighted by molar-refractivity contribution is 7.18. The molecule has 1 aliphatic heterocycles. The van der Waals surface area contributed by atoms with Crippen LogP contribution in [0.15, 0.2) is 18.5 Å². The molecule has 1 saturated carbocycles. The fraction of sp³-hybridized carbons (Fsp3) is 0.455. The van der Waals surface area contributed by atoms with Crippen LogP contribution in [0.25, 0.3) is 10.3 Å². The average molecular weight is 506 g/mol. The summed E-state index contributed by atoms with van der Waals surface area (Å²) in [6.45, 7) is 4.10. The second kappa shape index (κ2) is 8.70. The normalized spacial score (nSPS) is 18.6. The molecule has 3 aromatic rings. The lowest BCUT2D eigenvalue weighted by molar-refractivity contribution is -0.151. The first-order valence-corrected chi connectivity index (χ1v) is 11.9. The summed E-state index contributed by atoms with van der Waals surface area (Å²) in [6.07, 6.45) is 1.77. The van der Waals surface area contributed by atoms with Gasteiger partial charge in [0.05, 0.1) is 23.3 Å². The van der Waals surface area contributed by atoms with E-state index in [-0.39, 0.29) is 42.7 Å². The van der Waals surface area contributed by atoms with Gasteiger partial charge in [0.2, 0.25) is 17.8 Å². The number of alkyl halides is 2. The zero-order valence-corrected chi connectivity index (χ0v) is 19.7. The standard InChI is InChI=1S/C22H22F3N7O2S/c1-10(12-3-14(23)7-26-6-12)27-21-30-16(17-18(31-21)28-11(2)35-17)20(34)32-8-15(9-32)29-19(33)13-4-22(24,25)5-13/h3,6-7,10,13,15H,4-5,8-9H2,1-2H3,(H,29,33)(H,27,30,31). The SMILES string of the molecule is Cc1nc2nc(NC(C)c3cncc(F)c3)nc(C(=O)N3CC(NC(=O)C4CC(F)(F)C4)C3)c2s1. The number of fused-ring (bicyclic) bond motifs is 1. The summed E-state index contributed by atoms with van der Waals surface area (Å²) in [5.74, 6) is -4.49. The monoisotopic (exact) mass is 505 g/mol. The van der Waals surface area contributed by atoms with Gasteiger partial charge in [-0.05, 0) is 25.5 Å². The zero-order valence-electron chi connectivity index (χ0n) is 18.9. The largest absolute Gasteiger partial charge is 0.350 e. The van der Waals surface area contributed by atoms with Crippen molar-refractivity contribution in [1.82, 2.24) is 30.2 Å². The number of rotatable bonds is 6. The fourth-order valence-electron chi connectivity index (χ4n) is 4.13. The molecule has 0 aromatic carbocycles. The van der Waals surface area contributed by atoms with E-state index in [1.165, 1.54) is 28.5 Å². The maximum Gasteiger partial charge on any atom is 0.274 e. The number of anilines is 1. The number of aryl methyl sites for hydroxylation is 1. The number of amides is 2. The van der Waals surface area contributed by atoms with Crippen molar-refractivity contribution in [3.05, 3.63) is 40.5 Å². The molecule has 0 radical (unpaired) electrons. The highest BCUT2D eigenvalue weighted by Gasteiger charge is 2.49. The summed E-state index contributed by atoms with van der Waals surface area (Å²) in [6, 6.07) is 0.668. The summed E-state index contributed by atoms with van der Waals surface area (Å²) in [5, 5.41) is 6.52. The number of hydrogen-bond donors (Lipinski definition) is 2. The van der Waals surface area contributed by atoms with Gasteiger partial charge in [-0.2, -0.15) is 4.98 Å². The van der Waals surface area contributed by atoms with Crippen molar-refractivity contribution in [2.45, 2.75) is 44.7 Å². The third kappa shape index (κ3) is 4.77. The smallest absolute Gasteiger partial charge is 0.274 e. The van der Waals surface area contributed by atoms with Gasteiger partial charge in [0.25, 0.3) is 5.91 Å². The van der Waals surface area contributed by atoms with E-state index in [4.69, 9.17) is 0 Å². The predicted octanol–water partition coefficient (Wildman–Crippen LogP) is 3.09. The van der Waals surface area contributed by atoms with Gasteiger partial charge in [-0.25, -0.2) is 23.1 Å². The number of nitrogens with one attached hydrogen (secondary N) is 2. The Morgan fingerprint density at radius 1 is 1.20 bits per heavy atom. The van der Waals surface area contributed by atoms with Gasteiger partial charge in [0.1, 0.15) is 10.5 Å². The molecule has 2 N–H and O–H groups in total. The number of pyridine rings is 1. The van der Waals surface area contributed by atoms with Gasteiger partial charge in [0, 0.05) is 38.0 Å². The van der Waals surface area contributed by atoms with Crippen LogP contribution in [-0.4, -0.2) is 61.7 Å². The van der Waals surface area contributed by atoms with Crippen LogP contribution >= 0.6 is 11.3 Å². The molecule has 1 aliphatic carbocycles. The van der Waals surface area contributed by atoms with Gasteiger partial charge in [-0.15, -0.1) is 11.3 Å². The van der Waals surface area contributed by atoms with Crippen LogP contribution in [0, 0.1) is 18.7 Å². The maximum absolute atomic E-state index is 13.6. The number of carbonyl (C=O) groups excluding carboxylic acids is 2. The lowest BCUT2D eigenvalue weighted by atomic mass is 9.80. The Labute approximate surface area is 202 Å². The molecule has 2 fully saturated rings. The van der Waals surface area contributed by atoms with Crippen LogP contribution in [0.1, 0.15) is 46.9 Å². The molecule has 184 valence electrons. The molecule has 1 saturated heterocycles. The topological polar surface area (TPSA) is 113 Å². The van der Waals surface area contributed by atoms with Gasteiger partial charge in [0.15, 0.2) is 11.3 Å². The number of hydrogen-bond acceptors (Lipinski definition) is 8. The summed E-state index contributed by atoms with van der Waals surface area (Å²) in [4.78, 5) is 43.9. The molecule has 0 bridgehead atoms. The number of nitrogens with zero attached hydrogens (tertiary/aromatic N) is 5. The first-order valence-electron chi connectivity index (χ1n) is 11.1. The van der Waals surface area contributed by atoms with Crippen molar-refractivity contribution in [1.29, 1.82) is 0 Å². The van der Waals surface area contributed by atoms with Gasteiger partial charge < -0.3 is 15.5 Å². The third-order valence-electron chi connectivity index (χ3n) is 6.11. The van der Waals surface area contributed by atoms with E-state index >= 15 is 0 Å². The van der Waals surface area contributed by atoms with Crippen molar-refractivity contribution in [3.8, 4) is 0 Å². The molecule has 3 aromatic heterocycles. The molecule has 1 atom stereocenters. The van der Waals surface area contributed by atoms with E-state index in [1.807, 2.05) is 0 Å². The predicted molar refractivity (Wildman–Crippen MR) is 122 cm³/mol. The van der Waals surface area contributed by atoms with Crippen LogP contribution in [0.4, 0.5) is 19.1 Å². The Bertz CT molecular complexity index is 1300. The first kappa shape index (κ1) is 23.4. The molecular formula is C22H22F3N7O2S. The van der Waals surface area contributed by atoms with E-state index < -0.39 is 36.4 Å². The minimum atomic E-state index is -2.76. The fourth-order valence-corrected chi connectivity index (χ4v) is 4.97. The third-order valence-corrected chi connectivity index (χ3v) is 7.08. The zero-order chi connectivity index (χ0) is 24.9. The highest BCUT2D eigenvalue weighted by Crippen LogP contribution is 2.42. The van der Waals surface area contributed by atoms with Crippen molar-refractivity contribution in [3.63, 3.8) is 0 Å². The van der Waals surface area contributed by atoms with E-state index in [0.717, 1.165) is 6.20 Å². The highest BCUT2D eigenvalue weighted by atomic mass is 32.1. The Hall–Kier alpha value is -3.35. The van der Waals surface area contributed by atoms with Crippen LogP contribution in [-0.2, 0) is 4.79 Å². The summed E-state index contributed by atoms with van der Waals surface area (Å²) in [5.41, 5.74) is 1.13.